The zero-order valence-corrected chi connectivity index (χ0v) is 14.9. The predicted molar refractivity (Wildman–Crippen MR) is 101 cm³/mol. The molecular weight excluding hydrogens is 338 g/mol. The SMILES string of the molecule is O=C(NCc1cccs1)C1CCN(c2nc3ccccc3s2)CC1. The average molecular weight is 358 g/mol. The van der Waals surface area contributed by atoms with Gasteiger partial charge in [0, 0.05) is 23.9 Å². The number of rotatable bonds is 4. The minimum absolute atomic E-state index is 0.121. The van der Waals surface area contributed by atoms with Gasteiger partial charge in [-0.15, -0.1) is 11.3 Å². The molecule has 0 aliphatic carbocycles. The summed E-state index contributed by atoms with van der Waals surface area (Å²) in [5.74, 6) is 0.308. The molecule has 1 saturated heterocycles. The van der Waals surface area contributed by atoms with Crippen molar-refractivity contribution in [1.82, 2.24) is 10.3 Å². The molecule has 1 aliphatic rings. The highest BCUT2D eigenvalue weighted by Crippen LogP contribution is 2.31. The number of benzene rings is 1. The van der Waals surface area contributed by atoms with Crippen LogP contribution in [0.4, 0.5) is 5.13 Å². The Balaban J connectivity index is 1.33. The molecular formula is C18H19N3OS2. The highest BCUT2D eigenvalue weighted by atomic mass is 32.1. The number of anilines is 1. The number of aromatic nitrogens is 1. The van der Waals surface area contributed by atoms with E-state index < -0.39 is 0 Å². The van der Waals surface area contributed by atoms with Crippen LogP contribution in [0, 0.1) is 5.92 Å². The van der Waals surface area contributed by atoms with Gasteiger partial charge in [0.2, 0.25) is 5.91 Å². The standard InChI is InChI=1S/C18H19N3OS2/c22-17(19-12-14-4-3-11-23-14)13-7-9-21(10-8-13)18-20-15-5-1-2-6-16(15)24-18/h1-6,11,13H,7-10,12H2,(H,19,22). The number of carbonyl (C=O) groups is 1. The molecule has 0 radical (unpaired) electrons. The first-order valence-corrected chi connectivity index (χ1v) is 9.90. The fraction of sp³-hybridized carbons (Fsp3) is 0.333. The molecule has 0 unspecified atom stereocenters. The minimum atomic E-state index is 0.121. The van der Waals surface area contributed by atoms with Crippen LogP contribution in [-0.2, 0) is 11.3 Å². The van der Waals surface area contributed by atoms with Crippen molar-refractivity contribution < 1.29 is 4.79 Å². The molecule has 2 aromatic heterocycles. The molecule has 3 heterocycles. The van der Waals surface area contributed by atoms with Gasteiger partial charge in [-0.25, -0.2) is 4.98 Å². The van der Waals surface area contributed by atoms with Gasteiger partial charge in [0.05, 0.1) is 16.8 Å². The van der Waals surface area contributed by atoms with Gasteiger partial charge >= 0.3 is 0 Å². The summed E-state index contributed by atoms with van der Waals surface area (Å²) in [6.45, 7) is 2.45. The first-order chi connectivity index (χ1) is 11.8. The topological polar surface area (TPSA) is 45.2 Å². The van der Waals surface area contributed by atoms with Crippen LogP contribution in [-0.4, -0.2) is 24.0 Å². The monoisotopic (exact) mass is 357 g/mol. The number of fused-ring (bicyclic) bond motifs is 1. The van der Waals surface area contributed by atoms with Gasteiger partial charge in [0.25, 0.3) is 0 Å². The largest absolute Gasteiger partial charge is 0.351 e. The summed E-state index contributed by atoms with van der Waals surface area (Å²) in [6.07, 6.45) is 1.79. The van der Waals surface area contributed by atoms with E-state index in [1.54, 1.807) is 22.7 Å². The van der Waals surface area contributed by atoms with Crippen molar-refractivity contribution in [2.45, 2.75) is 19.4 Å². The molecule has 1 fully saturated rings. The summed E-state index contributed by atoms with van der Waals surface area (Å²) in [6, 6.07) is 12.3. The molecule has 124 valence electrons. The van der Waals surface area contributed by atoms with E-state index in [1.807, 2.05) is 17.5 Å². The van der Waals surface area contributed by atoms with E-state index in [1.165, 1.54) is 9.58 Å². The molecule has 6 heteroatoms. The van der Waals surface area contributed by atoms with E-state index in [-0.39, 0.29) is 11.8 Å². The molecule has 1 aliphatic heterocycles. The van der Waals surface area contributed by atoms with E-state index in [4.69, 9.17) is 4.98 Å². The van der Waals surface area contributed by atoms with Gasteiger partial charge in [-0.2, -0.15) is 0 Å². The number of nitrogens with one attached hydrogen (secondary N) is 1. The number of thiophene rings is 1. The molecule has 0 saturated carbocycles. The van der Waals surface area contributed by atoms with Crippen LogP contribution in [0.5, 0.6) is 0 Å². The minimum Gasteiger partial charge on any atom is -0.351 e. The summed E-state index contributed by atoms with van der Waals surface area (Å²) in [7, 11) is 0. The zero-order chi connectivity index (χ0) is 16.4. The number of amides is 1. The maximum Gasteiger partial charge on any atom is 0.223 e. The Bertz CT molecular complexity index is 787. The Hall–Kier alpha value is -1.92. The highest BCUT2D eigenvalue weighted by molar-refractivity contribution is 7.22. The lowest BCUT2D eigenvalue weighted by atomic mass is 9.96. The van der Waals surface area contributed by atoms with E-state index in [0.717, 1.165) is 36.6 Å². The molecule has 1 amide bonds. The Morgan fingerprint density at radius 3 is 2.79 bits per heavy atom. The molecule has 1 N–H and O–H groups in total. The first-order valence-electron chi connectivity index (χ1n) is 8.20. The van der Waals surface area contributed by atoms with Crippen molar-refractivity contribution in [2.24, 2.45) is 5.92 Å². The normalized spacial score (nSPS) is 15.8. The van der Waals surface area contributed by atoms with Crippen LogP contribution < -0.4 is 10.2 Å². The van der Waals surface area contributed by atoms with E-state index >= 15 is 0 Å². The van der Waals surface area contributed by atoms with Gasteiger partial charge in [-0.05, 0) is 36.4 Å². The predicted octanol–water partition coefficient (Wildman–Crippen LogP) is 3.89. The zero-order valence-electron chi connectivity index (χ0n) is 13.3. The third-order valence-electron chi connectivity index (χ3n) is 4.44. The van der Waals surface area contributed by atoms with Crippen molar-refractivity contribution in [3.05, 3.63) is 46.7 Å². The summed E-state index contributed by atoms with van der Waals surface area (Å²) in [4.78, 5) is 20.6. The van der Waals surface area contributed by atoms with E-state index in [9.17, 15) is 4.79 Å². The quantitative estimate of drug-likeness (QED) is 0.770. The van der Waals surface area contributed by atoms with Crippen molar-refractivity contribution in [3.8, 4) is 0 Å². The van der Waals surface area contributed by atoms with Crippen molar-refractivity contribution >= 4 is 43.9 Å². The van der Waals surface area contributed by atoms with E-state index in [2.05, 4.69) is 34.5 Å². The second-order valence-electron chi connectivity index (χ2n) is 6.02. The van der Waals surface area contributed by atoms with E-state index in [0.29, 0.717) is 6.54 Å². The number of carbonyl (C=O) groups excluding carboxylic acids is 1. The lowest BCUT2D eigenvalue weighted by Gasteiger charge is -2.31. The summed E-state index contributed by atoms with van der Waals surface area (Å²) in [5.41, 5.74) is 1.06. The van der Waals surface area contributed by atoms with Crippen LogP contribution in [0.3, 0.4) is 0 Å². The van der Waals surface area contributed by atoms with Gasteiger partial charge in [0.15, 0.2) is 5.13 Å². The second-order valence-corrected chi connectivity index (χ2v) is 8.06. The highest BCUT2D eigenvalue weighted by Gasteiger charge is 2.26. The number of nitrogens with zero attached hydrogens (tertiary/aromatic N) is 2. The Kier molecular flexibility index (Phi) is 4.49. The van der Waals surface area contributed by atoms with Gasteiger partial charge in [0.1, 0.15) is 0 Å². The third-order valence-corrected chi connectivity index (χ3v) is 6.41. The maximum absolute atomic E-state index is 12.3. The molecule has 4 rings (SSSR count). The number of piperidine rings is 1. The molecule has 1 aromatic carbocycles. The fourth-order valence-corrected chi connectivity index (χ4v) is 4.72. The van der Waals surface area contributed by atoms with Crippen molar-refractivity contribution in [2.75, 3.05) is 18.0 Å². The van der Waals surface area contributed by atoms with Crippen LogP contribution >= 0.6 is 22.7 Å². The molecule has 0 bridgehead atoms. The number of hydrogen-bond acceptors (Lipinski definition) is 5. The molecule has 3 aromatic rings. The van der Waals surface area contributed by atoms with Crippen LogP contribution in [0.1, 0.15) is 17.7 Å². The Morgan fingerprint density at radius 1 is 1.21 bits per heavy atom. The van der Waals surface area contributed by atoms with Crippen LogP contribution in [0.15, 0.2) is 41.8 Å². The number of hydrogen-bond donors (Lipinski definition) is 1. The first kappa shape index (κ1) is 15.6. The summed E-state index contributed by atoms with van der Waals surface area (Å²) < 4.78 is 1.23. The molecule has 4 nitrogen and oxygen atoms in total. The molecule has 0 atom stereocenters. The Morgan fingerprint density at radius 2 is 2.04 bits per heavy atom. The average Bonchev–Trinajstić information content (AvgIpc) is 3.29. The van der Waals surface area contributed by atoms with Gasteiger partial charge in [-0.1, -0.05) is 29.5 Å². The smallest absolute Gasteiger partial charge is 0.223 e. The molecule has 0 spiro atoms. The second kappa shape index (κ2) is 6.91. The number of para-hydroxylation sites is 1. The lowest BCUT2D eigenvalue weighted by molar-refractivity contribution is -0.125. The summed E-state index contributed by atoms with van der Waals surface area (Å²) in [5, 5.41) is 6.19. The lowest BCUT2D eigenvalue weighted by Crippen LogP contribution is -2.40. The number of thiazole rings is 1. The molecule has 24 heavy (non-hydrogen) atoms. The van der Waals surface area contributed by atoms with Crippen LogP contribution in [0.2, 0.25) is 0 Å². The van der Waals surface area contributed by atoms with Gasteiger partial charge in [-0.3, -0.25) is 4.79 Å². The maximum atomic E-state index is 12.3. The third kappa shape index (κ3) is 3.30. The van der Waals surface area contributed by atoms with Crippen molar-refractivity contribution in [1.29, 1.82) is 0 Å². The summed E-state index contributed by atoms with van der Waals surface area (Å²) >= 11 is 3.42. The Labute approximate surface area is 149 Å². The van der Waals surface area contributed by atoms with Crippen LogP contribution in [0.25, 0.3) is 10.2 Å². The van der Waals surface area contributed by atoms with Gasteiger partial charge < -0.3 is 10.2 Å². The van der Waals surface area contributed by atoms with Crippen molar-refractivity contribution in [3.63, 3.8) is 0 Å². The fourth-order valence-electron chi connectivity index (χ4n) is 3.06.